The average molecular weight is 436 g/mol. The summed E-state index contributed by atoms with van der Waals surface area (Å²) in [6.45, 7) is 2.02. The monoisotopic (exact) mass is 435 g/mol. The molecule has 5 heteroatoms. The second-order valence-electron chi connectivity index (χ2n) is 6.85. The first-order chi connectivity index (χ1) is 14.5. The molecule has 0 bridgehead atoms. The first kappa shape index (κ1) is 20.4. The quantitative estimate of drug-likeness (QED) is 0.274. The summed E-state index contributed by atoms with van der Waals surface area (Å²) >= 11 is 0. The molecule has 0 spiro atoms. The molecule has 30 heavy (non-hydrogen) atoms. The van der Waals surface area contributed by atoms with Gasteiger partial charge in [0.05, 0.1) is 14.7 Å². The van der Waals surface area contributed by atoms with Gasteiger partial charge in [-0.15, -0.1) is 7.49 Å². The number of hydrogen-bond acceptors (Lipinski definition) is 1. The molecule has 0 saturated carbocycles. The van der Waals surface area contributed by atoms with Gasteiger partial charge < -0.3 is 0 Å². The van der Waals surface area contributed by atoms with Crippen LogP contribution in [0.5, 0.6) is 0 Å². The second kappa shape index (κ2) is 8.48. The highest BCUT2D eigenvalue weighted by Gasteiger charge is 2.45. The maximum absolute atomic E-state index is 13.5. The zero-order valence-electron chi connectivity index (χ0n) is 16.5. The van der Waals surface area contributed by atoms with Gasteiger partial charge in [-0.1, -0.05) is 72.3 Å². The van der Waals surface area contributed by atoms with Crippen LogP contribution in [0.4, 0.5) is 0 Å². The molecule has 152 valence electrons. The van der Waals surface area contributed by atoms with Crippen LogP contribution in [0.2, 0.25) is 0 Å². The number of aryl methyl sites for hydroxylation is 1. The van der Waals surface area contributed by atoms with E-state index in [-0.39, 0.29) is 4.90 Å². The van der Waals surface area contributed by atoms with Crippen LogP contribution in [-0.2, 0) is 13.4 Å². The van der Waals surface area contributed by atoms with Crippen molar-refractivity contribution in [3.63, 3.8) is 0 Å². The predicted octanol–water partition coefficient (Wildman–Crippen LogP) is 6.89. The van der Waals surface area contributed by atoms with Gasteiger partial charge in [-0.05, 0) is 55.5 Å². The van der Waals surface area contributed by atoms with E-state index in [1.54, 1.807) is 24.3 Å². The van der Waals surface area contributed by atoms with Crippen molar-refractivity contribution in [1.82, 2.24) is 0 Å². The van der Waals surface area contributed by atoms with Gasteiger partial charge in [0.2, 0.25) is 0 Å². The third kappa shape index (κ3) is 3.92. The molecule has 0 radical (unpaired) electrons. The fourth-order valence-corrected chi connectivity index (χ4v) is 8.53. The van der Waals surface area contributed by atoms with Crippen molar-refractivity contribution in [2.24, 2.45) is 0 Å². The topological polar surface area (TPSA) is 48.6 Å². The Labute approximate surface area is 179 Å². The van der Waals surface area contributed by atoms with Crippen molar-refractivity contribution in [1.29, 1.82) is 0 Å². The summed E-state index contributed by atoms with van der Waals surface area (Å²) in [6, 6.07) is 36.0. The normalized spacial score (nSPS) is 13.9. The smallest absolute Gasteiger partial charge is 0.241 e. The van der Waals surface area contributed by atoms with Crippen LogP contribution < -0.4 is 0 Å². The number of hydrogen-bond donors (Lipinski definition) is 1. The van der Waals surface area contributed by atoms with Gasteiger partial charge in [-0.25, -0.2) is 4.55 Å². The van der Waals surface area contributed by atoms with E-state index in [0.29, 0.717) is 0 Å². The molecule has 0 amide bonds. The van der Waals surface area contributed by atoms with Crippen molar-refractivity contribution in [2.45, 2.75) is 26.5 Å². The maximum Gasteiger partial charge on any atom is 0.454 e. The molecule has 1 unspecified atom stereocenters. The zero-order chi connectivity index (χ0) is 21.0. The molecule has 0 aliphatic rings. The first-order valence-corrected chi connectivity index (χ1v) is 12.6. The Bertz CT molecular complexity index is 1190. The Morgan fingerprint density at radius 3 is 1.37 bits per heavy atom. The van der Waals surface area contributed by atoms with Crippen LogP contribution in [-0.4, -0.2) is 8.76 Å². The second-order valence-corrected chi connectivity index (χ2v) is 11.3. The minimum atomic E-state index is -3.79. The lowest BCUT2D eigenvalue weighted by atomic mass is 10.2. The lowest BCUT2D eigenvalue weighted by Gasteiger charge is -2.25. The average Bonchev–Trinajstić information content (AvgIpc) is 2.80. The molecule has 0 aliphatic heterocycles. The number of benzene rings is 4. The van der Waals surface area contributed by atoms with E-state index in [0.717, 1.165) is 20.2 Å². The Morgan fingerprint density at radius 2 is 0.933 bits per heavy atom. The van der Waals surface area contributed by atoms with Crippen LogP contribution in [0.1, 0.15) is 5.56 Å². The van der Waals surface area contributed by atoms with Crippen LogP contribution >= 0.6 is 10.3 Å². The molecule has 1 N–H and O–H groups in total. The minimum absolute atomic E-state index is 0.251. The Hall–Kier alpha value is -2.86. The van der Waals surface area contributed by atoms with Crippen molar-refractivity contribution >= 4 is 20.4 Å². The summed E-state index contributed by atoms with van der Waals surface area (Å²) < 4.78 is 31.0. The summed E-state index contributed by atoms with van der Waals surface area (Å²) in [5, 5.41) is 0. The molecule has 0 fully saturated rings. The van der Waals surface area contributed by atoms with Crippen LogP contribution in [0.3, 0.4) is 0 Å². The van der Waals surface area contributed by atoms with Crippen molar-refractivity contribution < 1.29 is 12.0 Å². The predicted molar refractivity (Wildman–Crippen MR) is 123 cm³/mol. The van der Waals surface area contributed by atoms with E-state index in [9.17, 15) is 8.76 Å². The van der Waals surface area contributed by atoms with Crippen LogP contribution in [0.15, 0.2) is 135 Å². The Kier molecular flexibility index (Phi) is 5.77. The Morgan fingerprint density at radius 1 is 0.567 bits per heavy atom. The van der Waals surface area contributed by atoms with Crippen molar-refractivity contribution in [2.75, 3.05) is 0 Å². The number of rotatable bonds is 5. The van der Waals surface area contributed by atoms with Crippen LogP contribution in [0, 0.1) is 6.92 Å². The standard InChI is InChI=1S/C25H22O3S2/c1-21-17-19-24(20-18-21)29(22-11-5-2-6-12-22,23-13-7-3-8-14-23)28-30(26,27)25-15-9-4-10-16-25/h2-20H,1H3/p+1. The molecular formula is C25H23O3S2+. The van der Waals surface area contributed by atoms with Crippen molar-refractivity contribution in [3.8, 4) is 0 Å². The summed E-state index contributed by atoms with van der Waals surface area (Å²) in [5.74, 6) is 0. The lowest BCUT2D eigenvalue weighted by Crippen LogP contribution is -2.10. The molecule has 4 rings (SSSR count). The Balaban J connectivity index is 2.12. The van der Waals surface area contributed by atoms with Gasteiger partial charge >= 0.3 is 10.1 Å². The fraction of sp³-hybridized carbons (Fsp3) is 0.0400. The van der Waals surface area contributed by atoms with Crippen LogP contribution in [0.25, 0.3) is 0 Å². The molecule has 4 aromatic rings. The lowest BCUT2D eigenvalue weighted by molar-refractivity contribution is 0.353. The molecule has 0 saturated heterocycles. The fourth-order valence-electron chi connectivity index (χ4n) is 3.25. The molecular weight excluding hydrogens is 412 g/mol. The third-order valence-corrected chi connectivity index (χ3v) is 9.97. The van der Waals surface area contributed by atoms with E-state index < -0.39 is 20.4 Å². The van der Waals surface area contributed by atoms with Gasteiger partial charge in [-0.2, -0.15) is 0 Å². The minimum Gasteiger partial charge on any atom is -0.241 e. The largest absolute Gasteiger partial charge is 0.454 e. The third-order valence-electron chi connectivity index (χ3n) is 4.74. The summed E-state index contributed by atoms with van der Waals surface area (Å²) in [5.41, 5.74) is 1.11. The van der Waals surface area contributed by atoms with E-state index in [4.69, 9.17) is 3.29 Å². The highest BCUT2D eigenvalue weighted by atomic mass is 32.3. The molecule has 0 aliphatic carbocycles. The van der Waals surface area contributed by atoms with E-state index in [2.05, 4.69) is 0 Å². The molecule has 4 aromatic carbocycles. The SMILES string of the molecule is Cc1ccc(S([O+]=S(=O)(O)c2ccccc2)(c2ccccc2)c2ccccc2)cc1. The van der Waals surface area contributed by atoms with Gasteiger partial charge in [0, 0.05) is 0 Å². The van der Waals surface area contributed by atoms with Gasteiger partial charge in [0.25, 0.3) is 0 Å². The van der Waals surface area contributed by atoms with Crippen molar-refractivity contribution in [3.05, 3.63) is 121 Å². The molecule has 0 heterocycles. The summed E-state index contributed by atoms with van der Waals surface area (Å²) in [6.07, 6.45) is 0. The highest BCUT2D eigenvalue weighted by molar-refractivity contribution is 8.30. The van der Waals surface area contributed by atoms with Gasteiger partial charge in [0.15, 0.2) is 10.3 Å². The molecule has 3 nitrogen and oxygen atoms in total. The highest BCUT2D eigenvalue weighted by Crippen LogP contribution is 2.67. The van der Waals surface area contributed by atoms with E-state index in [1.807, 2.05) is 97.9 Å². The summed E-state index contributed by atoms with van der Waals surface area (Å²) in [7, 11) is -6.27. The summed E-state index contributed by atoms with van der Waals surface area (Å²) in [4.78, 5) is 2.83. The maximum atomic E-state index is 13.5. The van der Waals surface area contributed by atoms with Gasteiger partial charge in [0.1, 0.15) is 4.90 Å². The van der Waals surface area contributed by atoms with E-state index in [1.165, 1.54) is 0 Å². The zero-order valence-corrected chi connectivity index (χ0v) is 18.2. The first-order valence-electron chi connectivity index (χ1n) is 9.55. The molecule has 1 atom stereocenters. The van der Waals surface area contributed by atoms with Gasteiger partial charge in [-0.3, -0.25) is 0 Å². The molecule has 0 aromatic heterocycles. The van der Waals surface area contributed by atoms with E-state index >= 15 is 0 Å².